The molecule has 0 spiro atoms. The van der Waals surface area contributed by atoms with Crippen molar-refractivity contribution in [1.29, 1.82) is 0 Å². The number of aromatic nitrogens is 2. The Labute approximate surface area is 75.9 Å². The molecular weight excluding hydrogens is 180 g/mol. The van der Waals surface area contributed by atoms with E-state index in [-0.39, 0.29) is 0 Å². The summed E-state index contributed by atoms with van der Waals surface area (Å²) in [7, 11) is 1.92. The lowest BCUT2D eigenvalue weighted by atomic mass is 10.6. The maximum absolute atomic E-state index is 5.54. The van der Waals surface area contributed by atoms with Crippen LogP contribution in [0.2, 0.25) is 0 Å². The van der Waals surface area contributed by atoms with Crippen LogP contribution >= 0.6 is 23.4 Å². The van der Waals surface area contributed by atoms with E-state index in [1.54, 1.807) is 11.8 Å². The summed E-state index contributed by atoms with van der Waals surface area (Å²) >= 11 is 7.34. The number of aryl methyl sites for hydroxylation is 1. The van der Waals surface area contributed by atoms with Crippen LogP contribution in [0.15, 0.2) is 17.3 Å². The molecular formula is C7H11ClN2S. The first-order valence-electron chi connectivity index (χ1n) is 3.50. The van der Waals surface area contributed by atoms with Gasteiger partial charge in [0.1, 0.15) is 0 Å². The molecule has 62 valence electrons. The van der Waals surface area contributed by atoms with Crippen molar-refractivity contribution in [1.82, 2.24) is 9.78 Å². The fourth-order valence-electron chi connectivity index (χ4n) is 0.718. The molecule has 0 aromatic carbocycles. The molecule has 2 nitrogen and oxygen atoms in total. The van der Waals surface area contributed by atoms with E-state index >= 15 is 0 Å². The van der Waals surface area contributed by atoms with Crippen molar-refractivity contribution in [3.8, 4) is 0 Å². The molecule has 0 atom stereocenters. The average molecular weight is 191 g/mol. The van der Waals surface area contributed by atoms with Gasteiger partial charge in [0.25, 0.3) is 0 Å². The zero-order valence-electron chi connectivity index (χ0n) is 6.46. The minimum atomic E-state index is 0.743. The standard InChI is InChI=1S/C7H11ClN2S/c1-10-6-7(5-9-10)11-4-2-3-8/h5-6H,2-4H2,1H3. The van der Waals surface area contributed by atoms with E-state index in [0.717, 1.165) is 18.1 Å². The second-order valence-corrected chi connectivity index (χ2v) is 3.79. The molecule has 0 fully saturated rings. The molecule has 0 saturated carbocycles. The molecule has 1 rings (SSSR count). The molecule has 0 aliphatic rings. The first-order chi connectivity index (χ1) is 5.33. The summed E-state index contributed by atoms with van der Waals surface area (Å²) in [5.41, 5.74) is 0. The van der Waals surface area contributed by atoms with Gasteiger partial charge in [-0.1, -0.05) is 0 Å². The molecule has 11 heavy (non-hydrogen) atoms. The first kappa shape index (κ1) is 8.94. The second kappa shape index (κ2) is 4.67. The van der Waals surface area contributed by atoms with Crippen LogP contribution in [0.1, 0.15) is 6.42 Å². The highest BCUT2D eigenvalue weighted by atomic mass is 35.5. The van der Waals surface area contributed by atoms with E-state index in [0.29, 0.717) is 0 Å². The lowest BCUT2D eigenvalue weighted by molar-refractivity contribution is 0.766. The summed E-state index contributed by atoms with van der Waals surface area (Å²) in [5.74, 6) is 1.82. The van der Waals surface area contributed by atoms with Crippen molar-refractivity contribution < 1.29 is 0 Å². The number of thioether (sulfide) groups is 1. The first-order valence-corrected chi connectivity index (χ1v) is 5.02. The van der Waals surface area contributed by atoms with E-state index in [1.807, 2.05) is 24.1 Å². The Kier molecular flexibility index (Phi) is 3.80. The number of halogens is 1. The Balaban J connectivity index is 2.27. The Morgan fingerprint density at radius 3 is 3.09 bits per heavy atom. The molecule has 1 heterocycles. The minimum absolute atomic E-state index is 0.743. The maximum atomic E-state index is 5.54. The largest absolute Gasteiger partial charge is 0.275 e. The van der Waals surface area contributed by atoms with Crippen LogP contribution in [0.25, 0.3) is 0 Å². The van der Waals surface area contributed by atoms with Crippen molar-refractivity contribution in [3.05, 3.63) is 12.4 Å². The van der Waals surface area contributed by atoms with Crippen molar-refractivity contribution in [2.24, 2.45) is 7.05 Å². The van der Waals surface area contributed by atoms with Gasteiger partial charge in [-0.05, 0) is 12.2 Å². The molecule has 0 saturated heterocycles. The summed E-state index contributed by atoms with van der Waals surface area (Å²) in [6, 6.07) is 0. The van der Waals surface area contributed by atoms with Crippen LogP contribution in [0.4, 0.5) is 0 Å². The SMILES string of the molecule is Cn1cc(SCCCCl)cn1. The van der Waals surface area contributed by atoms with Gasteiger partial charge in [-0.2, -0.15) is 5.10 Å². The molecule has 1 aromatic heterocycles. The Morgan fingerprint density at radius 1 is 1.73 bits per heavy atom. The van der Waals surface area contributed by atoms with Crippen LogP contribution in [0.3, 0.4) is 0 Å². The van der Waals surface area contributed by atoms with Crippen LogP contribution in [0, 0.1) is 0 Å². The van der Waals surface area contributed by atoms with Crippen LogP contribution in [-0.2, 0) is 7.05 Å². The number of alkyl halides is 1. The summed E-state index contributed by atoms with van der Waals surface area (Å²) < 4.78 is 1.81. The van der Waals surface area contributed by atoms with Crippen molar-refractivity contribution >= 4 is 23.4 Å². The predicted molar refractivity (Wildman–Crippen MR) is 49.3 cm³/mol. The molecule has 0 radical (unpaired) electrons. The smallest absolute Gasteiger partial charge is 0.0625 e. The fraction of sp³-hybridized carbons (Fsp3) is 0.571. The molecule has 0 bridgehead atoms. The second-order valence-electron chi connectivity index (χ2n) is 2.24. The number of hydrogen-bond acceptors (Lipinski definition) is 2. The van der Waals surface area contributed by atoms with E-state index in [4.69, 9.17) is 11.6 Å². The van der Waals surface area contributed by atoms with Gasteiger partial charge in [-0.15, -0.1) is 23.4 Å². The van der Waals surface area contributed by atoms with Gasteiger partial charge in [-0.3, -0.25) is 4.68 Å². The Hall–Kier alpha value is -0.150. The molecule has 0 aliphatic heterocycles. The lowest BCUT2D eigenvalue weighted by Crippen LogP contribution is -1.84. The average Bonchev–Trinajstić information content (AvgIpc) is 2.37. The monoisotopic (exact) mass is 190 g/mol. The minimum Gasteiger partial charge on any atom is -0.275 e. The predicted octanol–water partition coefficient (Wildman–Crippen LogP) is 2.14. The molecule has 0 aliphatic carbocycles. The van der Waals surface area contributed by atoms with Gasteiger partial charge in [0.15, 0.2) is 0 Å². The van der Waals surface area contributed by atoms with Gasteiger partial charge in [0.05, 0.1) is 6.20 Å². The Bertz CT molecular complexity index is 212. The van der Waals surface area contributed by atoms with Gasteiger partial charge >= 0.3 is 0 Å². The summed E-state index contributed by atoms with van der Waals surface area (Å²) in [4.78, 5) is 1.22. The van der Waals surface area contributed by atoms with Crippen molar-refractivity contribution in [3.63, 3.8) is 0 Å². The highest BCUT2D eigenvalue weighted by molar-refractivity contribution is 7.99. The van der Waals surface area contributed by atoms with Crippen LogP contribution in [-0.4, -0.2) is 21.4 Å². The van der Waals surface area contributed by atoms with E-state index in [1.165, 1.54) is 4.90 Å². The maximum Gasteiger partial charge on any atom is 0.0625 e. The highest BCUT2D eigenvalue weighted by Gasteiger charge is 1.94. The van der Waals surface area contributed by atoms with E-state index in [2.05, 4.69) is 5.10 Å². The molecule has 4 heteroatoms. The van der Waals surface area contributed by atoms with Gasteiger partial charge in [0, 0.05) is 24.0 Å². The highest BCUT2D eigenvalue weighted by Crippen LogP contribution is 2.16. The zero-order chi connectivity index (χ0) is 8.10. The number of rotatable bonds is 4. The van der Waals surface area contributed by atoms with Crippen molar-refractivity contribution in [2.45, 2.75) is 11.3 Å². The third-order valence-electron chi connectivity index (χ3n) is 1.23. The molecule has 0 N–H and O–H groups in total. The number of nitrogens with zero attached hydrogens (tertiary/aromatic N) is 2. The van der Waals surface area contributed by atoms with Gasteiger partial charge in [0.2, 0.25) is 0 Å². The molecule has 0 amide bonds. The lowest BCUT2D eigenvalue weighted by Gasteiger charge is -1.92. The summed E-state index contributed by atoms with van der Waals surface area (Å²) in [6.07, 6.45) is 4.94. The zero-order valence-corrected chi connectivity index (χ0v) is 8.03. The fourth-order valence-corrected chi connectivity index (χ4v) is 1.88. The third kappa shape index (κ3) is 3.16. The molecule has 1 aromatic rings. The summed E-state index contributed by atoms with van der Waals surface area (Å²) in [5, 5.41) is 4.06. The molecule has 0 unspecified atom stereocenters. The normalized spacial score (nSPS) is 10.4. The topological polar surface area (TPSA) is 17.8 Å². The summed E-state index contributed by atoms with van der Waals surface area (Å²) in [6.45, 7) is 0. The van der Waals surface area contributed by atoms with Gasteiger partial charge < -0.3 is 0 Å². The number of hydrogen-bond donors (Lipinski definition) is 0. The third-order valence-corrected chi connectivity index (χ3v) is 2.53. The van der Waals surface area contributed by atoms with E-state index < -0.39 is 0 Å². The van der Waals surface area contributed by atoms with Gasteiger partial charge in [-0.25, -0.2) is 0 Å². The van der Waals surface area contributed by atoms with Crippen molar-refractivity contribution in [2.75, 3.05) is 11.6 Å². The van der Waals surface area contributed by atoms with Crippen LogP contribution < -0.4 is 0 Å². The van der Waals surface area contributed by atoms with E-state index in [9.17, 15) is 0 Å². The quantitative estimate of drug-likeness (QED) is 0.411. The Morgan fingerprint density at radius 2 is 2.55 bits per heavy atom. The van der Waals surface area contributed by atoms with Crippen LogP contribution in [0.5, 0.6) is 0 Å².